The van der Waals surface area contributed by atoms with Crippen LogP contribution in [0.15, 0.2) is 28.8 Å². The molecule has 0 bridgehead atoms. The largest absolute Gasteiger partial charge is 0.489 e. The minimum absolute atomic E-state index is 0.0474. The number of rotatable bonds is 7. The highest BCUT2D eigenvalue weighted by Crippen LogP contribution is 2.18. The molecule has 0 spiro atoms. The minimum Gasteiger partial charge on any atom is -0.489 e. The molecule has 0 atom stereocenters. The van der Waals surface area contributed by atoms with Gasteiger partial charge in [0.15, 0.2) is 0 Å². The molecule has 118 valence electrons. The highest BCUT2D eigenvalue weighted by atomic mass is 16.5. The molecule has 0 aliphatic rings. The van der Waals surface area contributed by atoms with Gasteiger partial charge in [0.2, 0.25) is 5.91 Å². The highest BCUT2D eigenvalue weighted by molar-refractivity contribution is 5.78. The number of aromatic nitrogens is 1. The van der Waals surface area contributed by atoms with Crippen LogP contribution in [0.5, 0.6) is 5.75 Å². The van der Waals surface area contributed by atoms with Gasteiger partial charge in [0, 0.05) is 6.54 Å². The zero-order valence-electron chi connectivity index (χ0n) is 13.3. The van der Waals surface area contributed by atoms with Gasteiger partial charge in [0.25, 0.3) is 0 Å². The van der Waals surface area contributed by atoms with Gasteiger partial charge < -0.3 is 14.6 Å². The lowest BCUT2D eigenvalue weighted by Crippen LogP contribution is -2.25. The molecule has 2 aromatic rings. The first-order valence-corrected chi connectivity index (χ1v) is 7.50. The molecule has 0 radical (unpaired) electrons. The molecular weight excluding hydrogens is 280 g/mol. The first kappa shape index (κ1) is 16.1. The van der Waals surface area contributed by atoms with E-state index in [-0.39, 0.29) is 5.91 Å². The Morgan fingerprint density at radius 1 is 1.27 bits per heavy atom. The molecule has 1 N–H and O–H groups in total. The van der Waals surface area contributed by atoms with Gasteiger partial charge in [-0.3, -0.25) is 4.79 Å². The Balaban J connectivity index is 1.88. The molecule has 5 heteroatoms. The lowest BCUT2D eigenvalue weighted by Gasteiger charge is -2.07. The molecule has 1 heterocycles. The van der Waals surface area contributed by atoms with E-state index >= 15 is 0 Å². The summed E-state index contributed by atoms with van der Waals surface area (Å²) in [5.74, 6) is 1.59. The number of amides is 1. The summed E-state index contributed by atoms with van der Waals surface area (Å²) in [5.41, 5.74) is 2.79. The molecule has 0 saturated heterocycles. The van der Waals surface area contributed by atoms with Crippen molar-refractivity contribution >= 4 is 5.91 Å². The van der Waals surface area contributed by atoms with E-state index in [1.54, 1.807) is 0 Å². The topological polar surface area (TPSA) is 64.4 Å². The van der Waals surface area contributed by atoms with Crippen molar-refractivity contribution in [2.75, 3.05) is 6.54 Å². The van der Waals surface area contributed by atoms with Crippen LogP contribution in [0.4, 0.5) is 0 Å². The Morgan fingerprint density at radius 2 is 2.00 bits per heavy atom. The number of aryl methyl sites for hydroxylation is 2. The van der Waals surface area contributed by atoms with Crippen molar-refractivity contribution < 1.29 is 14.1 Å². The van der Waals surface area contributed by atoms with E-state index in [4.69, 9.17) is 9.26 Å². The number of benzene rings is 1. The summed E-state index contributed by atoms with van der Waals surface area (Å²) in [6, 6.07) is 7.57. The fourth-order valence-electron chi connectivity index (χ4n) is 2.08. The summed E-state index contributed by atoms with van der Waals surface area (Å²) in [4.78, 5) is 11.7. The normalized spacial score (nSPS) is 10.5. The second-order valence-corrected chi connectivity index (χ2v) is 5.26. The van der Waals surface area contributed by atoms with Gasteiger partial charge in [-0.15, -0.1) is 0 Å². The van der Waals surface area contributed by atoms with Gasteiger partial charge in [0.1, 0.15) is 18.1 Å². The van der Waals surface area contributed by atoms with Crippen LogP contribution < -0.4 is 10.1 Å². The second-order valence-electron chi connectivity index (χ2n) is 5.26. The Labute approximate surface area is 130 Å². The summed E-state index contributed by atoms with van der Waals surface area (Å²) in [5, 5.41) is 6.76. The molecule has 1 aromatic carbocycles. The van der Waals surface area contributed by atoms with Crippen LogP contribution >= 0.6 is 0 Å². The number of hydrogen-bond acceptors (Lipinski definition) is 4. The lowest BCUT2D eigenvalue weighted by molar-refractivity contribution is -0.120. The Morgan fingerprint density at radius 3 is 2.59 bits per heavy atom. The number of ether oxygens (including phenoxy) is 1. The molecule has 1 amide bonds. The maximum absolute atomic E-state index is 11.7. The molecule has 22 heavy (non-hydrogen) atoms. The maximum Gasteiger partial charge on any atom is 0.224 e. The Kier molecular flexibility index (Phi) is 5.58. The average molecular weight is 302 g/mol. The van der Waals surface area contributed by atoms with Crippen molar-refractivity contribution in [2.45, 2.75) is 40.2 Å². The number of carbonyl (C=O) groups excluding carboxylic acids is 1. The SMILES string of the molecule is CCCNC(=O)Cc1ccc(OCc2c(C)noc2C)cc1. The molecule has 2 rings (SSSR count). The number of nitrogens with one attached hydrogen (secondary N) is 1. The first-order chi connectivity index (χ1) is 10.6. The van der Waals surface area contributed by atoms with E-state index < -0.39 is 0 Å². The summed E-state index contributed by atoms with van der Waals surface area (Å²) in [6.07, 6.45) is 1.34. The molecule has 0 aliphatic heterocycles. The monoisotopic (exact) mass is 302 g/mol. The van der Waals surface area contributed by atoms with Crippen molar-refractivity contribution in [2.24, 2.45) is 0 Å². The Hall–Kier alpha value is -2.30. The third-order valence-corrected chi connectivity index (χ3v) is 3.42. The number of carbonyl (C=O) groups is 1. The van der Waals surface area contributed by atoms with Gasteiger partial charge >= 0.3 is 0 Å². The minimum atomic E-state index is 0.0474. The van der Waals surface area contributed by atoms with Gasteiger partial charge in [0.05, 0.1) is 17.7 Å². The fourth-order valence-corrected chi connectivity index (χ4v) is 2.08. The average Bonchev–Trinajstić information content (AvgIpc) is 2.83. The van der Waals surface area contributed by atoms with Crippen molar-refractivity contribution in [3.05, 3.63) is 46.8 Å². The zero-order chi connectivity index (χ0) is 15.9. The summed E-state index contributed by atoms with van der Waals surface area (Å²) in [7, 11) is 0. The zero-order valence-corrected chi connectivity index (χ0v) is 13.3. The Bertz CT molecular complexity index is 598. The quantitative estimate of drug-likeness (QED) is 0.854. The van der Waals surface area contributed by atoms with Gasteiger partial charge in [-0.25, -0.2) is 0 Å². The standard InChI is InChI=1S/C17H22N2O3/c1-4-9-18-17(20)10-14-5-7-15(8-6-14)21-11-16-12(2)19-22-13(16)3/h5-8H,4,9-11H2,1-3H3,(H,18,20). The van der Waals surface area contributed by atoms with E-state index in [1.807, 2.05) is 45.0 Å². The molecule has 0 fully saturated rings. The second kappa shape index (κ2) is 7.64. The van der Waals surface area contributed by atoms with E-state index in [1.165, 1.54) is 0 Å². The molecular formula is C17H22N2O3. The predicted octanol–water partition coefficient (Wildman–Crippen LogP) is 2.94. The van der Waals surface area contributed by atoms with Gasteiger partial charge in [-0.1, -0.05) is 24.2 Å². The predicted molar refractivity (Wildman–Crippen MR) is 83.8 cm³/mol. The number of hydrogen-bond donors (Lipinski definition) is 1. The molecule has 1 aromatic heterocycles. The van der Waals surface area contributed by atoms with Crippen molar-refractivity contribution in [3.63, 3.8) is 0 Å². The van der Waals surface area contributed by atoms with E-state index in [2.05, 4.69) is 10.5 Å². The van der Waals surface area contributed by atoms with Crippen LogP contribution in [-0.2, 0) is 17.8 Å². The van der Waals surface area contributed by atoms with Crippen LogP contribution in [0.2, 0.25) is 0 Å². The number of nitrogens with zero attached hydrogens (tertiary/aromatic N) is 1. The van der Waals surface area contributed by atoms with Crippen molar-refractivity contribution in [1.82, 2.24) is 10.5 Å². The van der Waals surface area contributed by atoms with E-state index in [0.29, 0.717) is 13.0 Å². The van der Waals surface area contributed by atoms with Crippen LogP contribution in [0.25, 0.3) is 0 Å². The van der Waals surface area contributed by atoms with Crippen molar-refractivity contribution in [1.29, 1.82) is 0 Å². The van der Waals surface area contributed by atoms with Crippen molar-refractivity contribution in [3.8, 4) is 5.75 Å². The fraction of sp³-hybridized carbons (Fsp3) is 0.412. The summed E-state index contributed by atoms with van der Waals surface area (Å²) in [6.45, 7) is 6.95. The van der Waals surface area contributed by atoms with Gasteiger partial charge in [-0.05, 0) is 38.0 Å². The third kappa shape index (κ3) is 4.35. The van der Waals surface area contributed by atoms with Crippen LogP contribution in [-0.4, -0.2) is 17.6 Å². The smallest absolute Gasteiger partial charge is 0.224 e. The van der Waals surface area contributed by atoms with E-state index in [0.717, 1.165) is 41.3 Å². The first-order valence-electron chi connectivity index (χ1n) is 7.50. The molecule has 0 aliphatic carbocycles. The molecule has 0 unspecified atom stereocenters. The summed E-state index contributed by atoms with van der Waals surface area (Å²) >= 11 is 0. The van der Waals surface area contributed by atoms with Crippen LogP contribution in [0, 0.1) is 13.8 Å². The third-order valence-electron chi connectivity index (χ3n) is 3.42. The van der Waals surface area contributed by atoms with Crippen LogP contribution in [0.3, 0.4) is 0 Å². The molecule has 5 nitrogen and oxygen atoms in total. The van der Waals surface area contributed by atoms with Crippen LogP contribution in [0.1, 0.15) is 35.9 Å². The van der Waals surface area contributed by atoms with Gasteiger partial charge in [-0.2, -0.15) is 0 Å². The molecule has 0 saturated carbocycles. The summed E-state index contributed by atoms with van der Waals surface area (Å²) < 4.78 is 10.8. The lowest BCUT2D eigenvalue weighted by atomic mass is 10.1. The highest BCUT2D eigenvalue weighted by Gasteiger charge is 2.09. The maximum atomic E-state index is 11.7. The van der Waals surface area contributed by atoms with E-state index in [9.17, 15) is 4.79 Å².